The van der Waals surface area contributed by atoms with Gasteiger partial charge in [-0.2, -0.15) is 4.98 Å². The second kappa shape index (κ2) is 4.36. The number of nitrogens with zero attached hydrogens (tertiary/aromatic N) is 5. The van der Waals surface area contributed by atoms with Crippen molar-refractivity contribution in [2.24, 2.45) is 0 Å². The lowest BCUT2D eigenvalue weighted by Gasteiger charge is -2.36. The molecule has 0 bridgehead atoms. The largest absolute Gasteiger partial charge is 0.339 e. The van der Waals surface area contributed by atoms with Crippen molar-refractivity contribution >= 4 is 5.91 Å². The van der Waals surface area contributed by atoms with E-state index in [2.05, 4.69) is 20.1 Å². The summed E-state index contributed by atoms with van der Waals surface area (Å²) in [6.45, 7) is 1.20. The molecule has 2 aromatic heterocycles. The summed E-state index contributed by atoms with van der Waals surface area (Å²) in [6, 6.07) is 0. The van der Waals surface area contributed by atoms with Gasteiger partial charge in [0.25, 0.3) is 5.91 Å². The van der Waals surface area contributed by atoms with Crippen molar-refractivity contribution in [2.75, 3.05) is 13.1 Å². The molecular formula is C13H13N5O2. The van der Waals surface area contributed by atoms with Crippen LogP contribution in [0.1, 0.15) is 46.9 Å². The van der Waals surface area contributed by atoms with Gasteiger partial charge in [-0.25, -0.2) is 4.98 Å². The Morgan fingerprint density at radius 3 is 2.80 bits per heavy atom. The van der Waals surface area contributed by atoms with Gasteiger partial charge in [0.2, 0.25) is 5.89 Å². The Morgan fingerprint density at radius 2 is 2.10 bits per heavy atom. The first-order valence-corrected chi connectivity index (χ1v) is 6.70. The fourth-order valence-electron chi connectivity index (χ4n) is 2.29. The molecule has 2 fully saturated rings. The Bertz CT molecular complexity index is 631. The van der Waals surface area contributed by atoms with E-state index in [0.717, 1.165) is 18.7 Å². The summed E-state index contributed by atoms with van der Waals surface area (Å²) < 4.78 is 5.28. The van der Waals surface area contributed by atoms with E-state index < -0.39 is 0 Å². The van der Waals surface area contributed by atoms with Gasteiger partial charge in [0, 0.05) is 31.4 Å². The van der Waals surface area contributed by atoms with E-state index in [-0.39, 0.29) is 11.8 Å². The van der Waals surface area contributed by atoms with Crippen LogP contribution in [0.5, 0.6) is 0 Å². The zero-order valence-corrected chi connectivity index (χ0v) is 10.8. The van der Waals surface area contributed by atoms with Crippen LogP contribution < -0.4 is 0 Å². The number of hydrogen-bond acceptors (Lipinski definition) is 6. The highest BCUT2D eigenvalue weighted by molar-refractivity contribution is 5.92. The minimum atomic E-state index is -0.101. The minimum Gasteiger partial charge on any atom is -0.339 e. The van der Waals surface area contributed by atoms with Gasteiger partial charge in [0.05, 0.1) is 12.1 Å². The van der Waals surface area contributed by atoms with E-state index in [1.807, 2.05) is 0 Å². The number of amides is 1. The number of aromatic nitrogens is 4. The molecule has 102 valence electrons. The van der Waals surface area contributed by atoms with E-state index in [9.17, 15) is 4.79 Å². The van der Waals surface area contributed by atoms with Gasteiger partial charge in [-0.1, -0.05) is 5.16 Å². The number of hydrogen-bond donors (Lipinski definition) is 0. The molecule has 7 nitrogen and oxygen atoms in total. The molecule has 0 radical (unpaired) electrons. The van der Waals surface area contributed by atoms with Crippen LogP contribution >= 0.6 is 0 Å². The molecule has 0 atom stereocenters. The molecule has 2 aliphatic rings. The smallest absolute Gasteiger partial charge is 0.274 e. The van der Waals surface area contributed by atoms with E-state index in [1.165, 1.54) is 12.4 Å². The third-order valence-corrected chi connectivity index (χ3v) is 3.70. The van der Waals surface area contributed by atoms with E-state index in [4.69, 9.17) is 4.52 Å². The second-order valence-corrected chi connectivity index (χ2v) is 5.26. The first-order valence-electron chi connectivity index (χ1n) is 6.70. The number of likely N-dealkylation sites (tertiary alicyclic amines) is 1. The lowest BCUT2D eigenvalue weighted by molar-refractivity contribution is 0.0562. The van der Waals surface area contributed by atoms with Crippen LogP contribution in [-0.2, 0) is 0 Å². The molecule has 2 aromatic rings. The Kier molecular flexibility index (Phi) is 2.51. The van der Waals surface area contributed by atoms with Gasteiger partial charge >= 0.3 is 0 Å². The molecule has 0 N–H and O–H groups in total. The fraction of sp³-hybridized carbons (Fsp3) is 0.462. The van der Waals surface area contributed by atoms with Crippen molar-refractivity contribution in [3.8, 4) is 0 Å². The molecule has 1 saturated carbocycles. The lowest BCUT2D eigenvalue weighted by Crippen LogP contribution is -2.48. The third-order valence-electron chi connectivity index (χ3n) is 3.70. The highest BCUT2D eigenvalue weighted by atomic mass is 16.5. The summed E-state index contributed by atoms with van der Waals surface area (Å²) in [6.07, 6.45) is 6.85. The standard InChI is InChI=1S/C13H13N5O2/c19-13(10-5-14-3-4-15-10)18-6-9(7-18)12-16-11(17-20-12)8-1-2-8/h3-5,8-9H,1-2,6-7H2. The number of carbonyl (C=O) groups excluding carboxylic acids is 1. The second-order valence-electron chi connectivity index (χ2n) is 5.26. The van der Waals surface area contributed by atoms with Crippen molar-refractivity contribution in [1.82, 2.24) is 25.0 Å². The van der Waals surface area contributed by atoms with Gasteiger partial charge in [-0.15, -0.1) is 0 Å². The maximum atomic E-state index is 12.1. The van der Waals surface area contributed by atoms with Gasteiger partial charge in [-0.05, 0) is 12.8 Å². The topological polar surface area (TPSA) is 85.0 Å². The van der Waals surface area contributed by atoms with Gasteiger partial charge in [0.15, 0.2) is 5.82 Å². The van der Waals surface area contributed by atoms with Crippen molar-refractivity contribution in [3.05, 3.63) is 36.0 Å². The number of rotatable bonds is 3. The van der Waals surface area contributed by atoms with Crippen molar-refractivity contribution in [2.45, 2.75) is 24.7 Å². The molecule has 4 rings (SSSR count). The van der Waals surface area contributed by atoms with Crippen LogP contribution in [0, 0.1) is 0 Å². The molecule has 20 heavy (non-hydrogen) atoms. The molecule has 0 unspecified atom stereocenters. The zero-order valence-electron chi connectivity index (χ0n) is 10.8. The van der Waals surface area contributed by atoms with E-state index >= 15 is 0 Å². The van der Waals surface area contributed by atoms with Crippen molar-refractivity contribution in [1.29, 1.82) is 0 Å². The highest BCUT2D eigenvalue weighted by Gasteiger charge is 2.38. The van der Waals surface area contributed by atoms with E-state index in [0.29, 0.717) is 30.6 Å². The van der Waals surface area contributed by atoms with Crippen LogP contribution in [0.2, 0.25) is 0 Å². The third kappa shape index (κ3) is 1.95. The van der Waals surface area contributed by atoms with Crippen LogP contribution in [-0.4, -0.2) is 44.0 Å². The maximum Gasteiger partial charge on any atom is 0.274 e. The molecule has 1 aliphatic carbocycles. The average Bonchev–Trinajstić information content (AvgIpc) is 3.18. The molecule has 0 aromatic carbocycles. The van der Waals surface area contributed by atoms with Crippen molar-refractivity contribution < 1.29 is 9.32 Å². The molecule has 3 heterocycles. The zero-order chi connectivity index (χ0) is 13.5. The number of carbonyl (C=O) groups is 1. The van der Waals surface area contributed by atoms with Gasteiger partial charge in [-0.3, -0.25) is 9.78 Å². The average molecular weight is 271 g/mol. The SMILES string of the molecule is O=C(c1cnccn1)N1CC(c2nc(C3CC3)no2)C1. The van der Waals surface area contributed by atoms with Crippen LogP contribution in [0.15, 0.2) is 23.1 Å². The monoisotopic (exact) mass is 271 g/mol. The maximum absolute atomic E-state index is 12.1. The predicted octanol–water partition coefficient (Wildman–Crippen LogP) is 0.977. The minimum absolute atomic E-state index is 0.101. The predicted molar refractivity (Wildman–Crippen MR) is 66.9 cm³/mol. The van der Waals surface area contributed by atoms with Crippen LogP contribution in [0.4, 0.5) is 0 Å². The van der Waals surface area contributed by atoms with E-state index in [1.54, 1.807) is 11.1 Å². The molecule has 1 aliphatic heterocycles. The summed E-state index contributed by atoms with van der Waals surface area (Å²) >= 11 is 0. The first kappa shape index (κ1) is 11.5. The summed E-state index contributed by atoms with van der Waals surface area (Å²) in [5.74, 6) is 2.01. The highest BCUT2D eigenvalue weighted by Crippen LogP contribution is 2.39. The summed E-state index contributed by atoms with van der Waals surface area (Å²) in [4.78, 5) is 26.1. The Hall–Kier alpha value is -2.31. The first-order chi connectivity index (χ1) is 9.81. The Labute approximate surface area is 115 Å². The fourth-order valence-corrected chi connectivity index (χ4v) is 2.29. The van der Waals surface area contributed by atoms with Crippen molar-refractivity contribution in [3.63, 3.8) is 0 Å². The quantitative estimate of drug-likeness (QED) is 0.827. The molecule has 1 saturated heterocycles. The van der Waals surface area contributed by atoms with Gasteiger partial charge in [0.1, 0.15) is 5.69 Å². The Morgan fingerprint density at radius 1 is 1.25 bits per heavy atom. The summed E-state index contributed by atoms with van der Waals surface area (Å²) in [5, 5.41) is 4.00. The molecular weight excluding hydrogens is 258 g/mol. The van der Waals surface area contributed by atoms with Gasteiger partial charge < -0.3 is 9.42 Å². The Balaban J connectivity index is 1.40. The normalized spacial score (nSPS) is 18.9. The summed E-state index contributed by atoms with van der Waals surface area (Å²) in [5.41, 5.74) is 0.371. The summed E-state index contributed by atoms with van der Waals surface area (Å²) in [7, 11) is 0. The molecule has 1 amide bonds. The lowest BCUT2D eigenvalue weighted by atomic mass is 10.00. The molecule has 0 spiro atoms. The molecule has 7 heteroatoms. The van der Waals surface area contributed by atoms with Crippen LogP contribution in [0.25, 0.3) is 0 Å². The van der Waals surface area contributed by atoms with Crippen LogP contribution in [0.3, 0.4) is 0 Å².